The Balaban J connectivity index is 2.70. The number of pyridine rings is 1. The van der Waals surface area contributed by atoms with Crippen LogP contribution in [-0.4, -0.2) is 16.1 Å². The lowest BCUT2D eigenvalue weighted by Crippen LogP contribution is -2.20. The van der Waals surface area contributed by atoms with Crippen LogP contribution in [-0.2, 0) is 5.41 Å². The van der Waals surface area contributed by atoms with Crippen LogP contribution < -0.4 is 5.48 Å². The molecule has 1 aromatic heterocycles. The Morgan fingerprint density at radius 3 is 2.61 bits per heavy atom. The van der Waals surface area contributed by atoms with E-state index in [2.05, 4.69) is 25.8 Å². The van der Waals surface area contributed by atoms with Crippen molar-refractivity contribution in [2.24, 2.45) is 0 Å². The Hall–Kier alpha value is -1.94. The predicted molar refractivity (Wildman–Crippen MR) is 69.7 cm³/mol. The molecule has 2 rings (SSSR count). The first-order chi connectivity index (χ1) is 8.43. The number of amides is 1. The summed E-state index contributed by atoms with van der Waals surface area (Å²) in [6, 6.07) is 7.80. The summed E-state index contributed by atoms with van der Waals surface area (Å²) >= 11 is 0. The van der Waals surface area contributed by atoms with Crippen molar-refractivity contribution in [1.29, 1.82) is 0 Å². The number of fused-ring (bicyclic) bond motifs is 1. The molecule has 0 radical (unpaired) electrons. The first-order valence-corrected chi connectivity index (χ1v) is 5.77. The van der Waals surface area contributed by atoms with Crippen molar-refractivity contribution in [3.05, 3.63) is 41.7 Å². The van der Waals surface area contributed by atoms with E-state index in [0.29, 0.717) is 0 Å². The third kappa shape index (κ3) is 2.19. The molecule has 2 aromatic rings. The van der Waals surface area contributed by atoms with Crippen molar-refractivity contribution >= 4 is 16.7 Å². The highest BCUT2D eigenvalue weighted by Crippen LogP contribution is 2.27. The maximum Gasteiger partial charge on any atom is 0.293 e. The maximum atomic E-state index is 11.6. The van der Waals surface area contributed by atoms with Gasteiger partial charge in [0, 0.05) is 11.6 Å². The molecule has 1 aromatic carbocycles. The van der Waals surface area contributed by atoms with Gasteiger partial charge in [-0.2, -0.15) is 0 Å². The molecule has 0 saturated heterocycles. The topological polar surface area (TPSA) is 62.2 Å². The standard InChI is InChI=1S/C14H16N2O2/c1-14(2,3)10-5-4-9-6-7-15-12(11(9)8-10)13(17)16-18/h4-8,18H,1-3H3,(H,16,17). The summed E-state index contributed by atoms with van der Waals surface area (Å²) in [5.41, 5.74) is 2.98. The number of nitrogens with zero attached hydrogens (tertiary/aromatic N) is 1. The molecule has 4 nitrogen and oxygen atoms in total. The molecule has 94 valence electrons. The molecule has 0 fully saturated rings. The zero-order valence-corrected chi connectivity index (χ0v) is 10.7. The van der Waals surface area contributed by atoms with Gasteiger partial charge in [0.1, 0.15) is 5.69 Å². The predicted octanol–water partition coefficient (Wildman–Crippen LogP) is 2.65. The number of hydrogen-bond donors (Lipinski definition) is 2. The van der Waals surface area contributed by atoms with Gasteiger partial charge in [-0.1, -0.05) is 32.9 Å². The van der Waals surface area contributed by atoms with Gasteiger partial charge in [-0.3, -0.25) is 15.0 Å². The molecule has 0 aliphatic carbocycles. The zero-order valence-electron chi connectivity index (χ0n) is 10.7. The third-order valence-electron chi connectivity index (χ3n) is 2.95. The molecule has 1 heterocycles. The van der Waals surface area contributed by atoms with E-state index >= 15 is 0 Å². The molecule has 0 unspecified atom stereocenters. The summed E-state index contributed by atoms with van der Waals surface area (Å²) in [6.45, 7) is 6.32. The normalized spacial score (nSPS) is 11.6. The summed E-state index contributed by atoms with van der Waals surface area (Å²) in [6.07, 6.45) is 1.56. The van der Waals surface area contributed by atoms with Crippen LogP contribution in [0.3, 0.4) is 0 Å². The lowest BCUT2D eigenvalue weighted by atomic mass is 9.86. The SMILES string of the molecule is CC(C)(C)c1ccc2ccnc(C(=O)NO)c2c1. The Labute approximate surface area is 106 Å². The lowest BCUT2D eigenvalue weighted by Gasteiger charge is -2.19. The number of benzene rings is 1. The summed E-state index contributed by atoms with van der Waals surface area (Å²) in [5, 5.41) is 10.4. The van der Waals surface area contributed by atoms with Crippen LogP contribution in [0.4, 0.5) is 0 Å². The van der Waals surface area contributed by atoms with E-state index in [4.69, 9.17) is 5.21 Å². The van der Waals surface area contributed by atoms with Crippen LogP contribution in [0, 0.1) is 0 Å². The lowest BCUT2D eigenvalue weighted by molar-refractivity contribution is 0.0703. The number of aromatic nitrogens is 1. The molecule has 18 heavy (non-hydrogen) atoms. The van der Waals surface area contributed by atoms with Crippen LogP contribution >= 0.6 is 0 Å². The quantitative estimate of drug-likeness (QED) is 0.599. The smallest absolute Gasteiger partial charge is 0.288 e. The van der Waals surface area contributed by atoms with Gasteiger partial charge in [-0.05, 0) is 28.5 Å². The minimum atomic E-state index is -0.591. The molecule has 0 spiro atoms. The van der Waals surface area contributed by atoms with Crippen LogP contribution in [0.25, 0.3) is 10.8 Å². The average molecular weight is 244 g/mol. The minimum absolute atomic E-state index is 0.00298. The largest absolute Gasteiger partial charge is 0.293 e. The molecule has 0 saturated carbocycles. The Morgan fingerprint density at radius 1 is 1.28 bits per heavy atom. The molecule has 0 aliphatic heterocycles. The Morgan fingerprint density at radius 2 is 2.00 bits per heavy atom. The van der Waals surface area contributed by atoms with E-state index in [9.17, 15) is 4.79 Å². The van der Waals surface area contributed by atoms with E-state index < -0.39 is 5.91 Å². The first kappa shape index (κ1) is 12.5. The Kier molecular flexibility index (Phi) is 3.05. The van der Waals surface area contributed by atoms with Crippen LogP contribution in [0.5, 0.6) is 0 Å². The van der Waals surface area contributed by atoms with Crippen LogP contribution in [0.2, 0.25) is 0 Å². The fourth-order valence-electron chi connectivity index (χ4n) is 1.87. The van der Waals surface area contributed by atoms with Gasteiger partial charge in [0.15, 0.2) is 0 Å². The molecular formula is C14H16N2O2. The first-order valence-electron chi connectivity index (χ1n) is 5.77. The van der Waals surface area contributed by atoms with E-state index in [-0.39, 0.29) is 11.1 Å². The number of carbonyl (C=O) groups is 1. The van der Waals surface area contributed by atoms with Crippen molar-refractivity contribution in [2.45, 2.75) is 26.2 Å². The maximum absolute atomic E-state index is 11.6. The highest BCUT2D eigenvalue weighted by atomic mass is 16.5. The minimum Gasteiger partial charge on any atom is -0.288 e. The van der Waals surface area contributed by atoms with Crippen molar-refractivity contribution in [3.8, 4) is 0 Å². The molecule has 1 amide bonds. The van der Waals surface area contributed by atoms with E-state index in [1.807, 2.05) is 24.3 Å². The van der Waals surface area contributed by atoms with Gasteiger partial charge in [-0.25, -0.2) is 5.48 Å². The van der Waals surface area contributed by atoms with Gasteiger partial charge in [0.25, 0.3) is 5.91 Å². The molecule has 0 bridgehead atoms. The van der Waals surface area contributed by atoms with E-state index in [1.54, 1.807) is 11.7 Å². The number of hydroxylamine groups is 1. The highest BCUT2D eigenvalue weighted by Gasteiger charge is 2.16. The second-order valence-corrected chi connectivity index (χ2v) is 5.29. The van der Waals surface area contributed by atoms with Crippen LogP contribution in [0.15, 0.2) is 30.5 Å². The molecule has 2 N–H and O–H groups in total. The fraction of sp³-hybridized carbons (Fsp3) is 0.286. The van der Waals surface area contributed by atoms with E-state index in [0.717, 1.165) is 16.3 Å². The number of nitrogens with one attached hydrogen (secondary N) is 1. The second-order valence-electron chi connectivity index (χ2n) is 5.29. The second kappa shape index (κ2) is 4.38. The highest BCUT2D eigenvalue weighted by molar-refractivity contribution is 6.04. The van der Waals surface area contributed by atoms with Crippen molar-refractivity contribution in [2.75, 3.05) is 0 Å². The Bertz CT molecular complexity index is 600. The number of carbonyl (C=O) groups excluding carboxylic acids is 1. The summed E-state index contributed by atoms with van der Waals surface area (Å²) in [4.78, 5) is 15.6. The van der Waals surface area contributed by atoms with E-state index in [1.165, 1.54) is 0 Å². The van der Waals surface area contributed by atoms with Gasteiger partial charge < -0.3 is 0 Å². The average Bonchev–Trinajstić information content (AvgIpc) is 2.35. The van der Waals surface area contributed by atoms with Crippen molar-refractivity contribution in [3.63, 3.8) is 0 Å². The number of rotatable bonds is 1. The third-order valence-corrected chi connectivity index (χ3v) is 2.95. The zero-order chi connectivity index (χ0) is 13.3. The van der Waals surface area contributed by atoms with Gasteiger partial charge >= 0.3 is 0 Å². The molecular weight excluding hydrogens is 228 g/mol. The van der Waals surface area contributed by atoms with Crippen LogP contribution in [0.1, 0.15) is 36.8 Å². The molecule has 0 atom stereocenters. The molecule has 0 aliphatic rings. The summed E-state index contributed by atoms with van der Waals surface area (Å²) < 4.78 is 0. The number of hydrogen-bond acceptors (Lipinski definition) is 3. The summed E-state index contributed by atoms with van der Waals surface area (Å²) in [5.74, 6) is -0.591. The van der Waals surface area contributed by atoms with Gasteiger partial charge in [0.05, 0.1) is 0 Å². The molecule has 4 heteroatoms. The van der Waals surface area contributed by atoms with Crippen molar-refractivity contribution in [1.82, 2.24) is 10.5 Å². The monoisotopic (exact) mass is 244 g/mol. The van der Waals surface area contributed by atoms with Crippen molar-refractivity contribution < 1.29 is 10.0 Å². The summed E-state index contributed by atoms with van der Waals surface area (Å²) in [7, 11) is 0. The fourth-order valence-corrected chi connectivity index (χ4v) is 1.87. The van der Waals surface area contributed by atoms with Gasteiger partial charge in [-0.15, -0.1) is 0 Å². The van der Waals surface area contributed by atoms with Gasteiger partial charge in [0.2, 0.25) is 0 Å².